The molecule has 10 aromatic carbocycles. The normalized spacial score (nSPS) is 11.7. The quantitative estimate of drug-likeness (QED) is 0.150. The fourth-order valence-electron chi connectivity index (χ4n) is 10.4. The van der Waals surface area contributed by atoms with Crippen LogP contribution in [0.3, 0.4) is 0 Å². The van der Waals surface area contributed by atoms with Gasteiger partial charge in [-0.15, -0.1) is 0 Å². The summed E-state index contributed by atoms with van der Waals surface area (Å²) in [7, 11) is 0. The van der Waals surface area contributed by atoms with Crippen molar-refractivity contribution >= 4 is 65.3 Å². The second-order valence-electron chi connectivity index (χ2n) is 17.8. The zero-order valence-electron chi connectivity index (χ0n) is 37.8. The van der Waals surface area contributed by atoms with Crippen molar-refractivity contribution in [3.8, 4) is 67.9 Å². The predicted molar refractivity (Wildman–Crippen MR) is 288 cm³/mol. The zero-order chi connectivity index (χ0) is 46.1. The maximum Gasteiger partial charge on any atom is 0.164 e. The van der Waals surface area contributed by atoms with Crippen molar-refractivity contribution in [2.24, 2.45) is 0 Å². The van der Waals surface area contributed by atoms with Gasteiger partial charge in [-0.3, -0.25) is 0 Å². The van der Waals surface area contributed by atoms with Crippen molar-refractivity contribution in [1.82, 2.24) is 29.1 Å². The van der Waals surface area contributed by atoms with Crippen LogP contribution in [0.1, 0.15) is 0 Å². The third kappa shape index (κ3) is 6.49. The van der Waals surface area contributed by atoms with Gasteiger partial charge in [0.25, 0.3) is 0 Å². The lowest BCUT2D eigenvalue weighted by Gasteiger charge is -2.14. The zero-order valence-corrected chi connectivity index (χ0v) is 37.8. The first-order valence-corrected chi connectivity index (χ1v) is 23.6. The first-order chi connectivity index (χ1) is 34.7. The smallest absolute Gasteiger partial charge is 0.164 e. The number of rotatable bonds is 7. The van der Waals surface area contributed by atoms with Crippen LogP contribution in [0.15, 0.2) is 243 Å². The van der Waals surface area contributed by atoms with E-state index in [-0.39, 0.29) is 0 Å². The van der Waals surface area contributed by atoms with E-state index in [0.29, 0.717) is 17.5 Å². The van der Waals surface area contributed by atoms with E-state index in [1.807, 2.05) is 30.3 Å². The van der Waals surface area contributed by atoms with E-state index >= 15 is 0 Å². The van der Waals surface area contributed by atoms with Crippen molar-refractivity contribution in [2.45, 2.75) is 0 Å². The maximum atomic E-state index is 5.47. The van der Waals surface area contributed by atoms with Gasteiger partial charge in [0.1, 0.15) is 0 Å². The van der Waals surface area contributed by atoms with Crippen molar-refractivity contribution in [1.29, 1.82) is 0 Å². The number of benzene rings is 10. The van der Waals surface area contributed by atoms with E-state index in [4.69, 9.17) is 19.9 Å². The Bertz CT molecular complexity index is 4260. The lowest BCUT2D eigenvalue weighted by atomic mass is 9.96. The second kappa shape index (κ2) is 16.1. The molecule has 6 heteroatoms. The minimum atomic E-state index is 0.612. The summed E-state index contributed by atoms with van der Waals surface area (Å²) in [5.41, 5.74) is 14.8. The summed E-state index contributed by atoms with van der Waals surface area (Å²) in [6, 6.07) is 85.7. The molecule has 14 rings (SSSR count). The van der Waals surface area contributed by atoms with Crippen LogP contribution < -0.4 is 0 Å². The van der Waals surface area contributed by atoms with Crippen LogP contribution in [0.5, 0.6) is 0 Å². The molecule has 0 saturated carbocycles. The van der Waals surface area contributed by atoms with Crippen LogP contribution >= 0.6 is 0 Å². The van der Waals surface area contributed by atoms with E-state index in [0.717, 1.165) is 72.3 Å². The molecule has 0 aliphatic heterocycles. The molecule has 14 aromatic rings. The van der Waals surface area contributed by atoms with Crippen LogP contribution in [0.4, 0.5) is 0 Å². The van der Waals surface area contributed by atoms with Crippen LogP contribution in [0, 0.1) is 0 Å². The van der Waals surface area contributed by atoms with Gasteiger partial charge in [-0.05, 0) is 89.3 Å². The predicted octanol–water partition coefficient (Wildman–Crippen LogP) is 16.1. The highest BCUT2D eigenvalue weighted by atomic mass is 15.0. The second-order valence-corrected chi connectivity index (χ2v) is 17.8. The van der Waals surface area contributed by atoms with Gasteiger partial charge in [-0.25, -0.2) is 19.9 Å². The fraction of sp³-hybridized carbons (Fsp3) is 0. The number of hydrogen-bond acceptors (Lipinski definition) is 4. The molecule has 0 fully saturated rings. The minimum Gasteiger partial charge on any atom is -0.309 e. The molecule has 0 amide bonds. The number of nitrogens with zero attached hydrogens (tertiary/aromatic N) is 6. The first-order valence-electron chi connectivity index (χ1n) is 23.6. The largest absolute Gasteiger partial charge is 0.309 e. The Morgan fingerprint density at radius 2 is 0.657 bits per heavy atom. The highest BCUT2D eigenvalue weighted by Gasteiger charge is 2.19. The first kappa shape index (κ1) is 39.6. The van der Waals surface area contributed by atoms with Crippen molar-refractivity contribution < 1.29 is 0 Å². The van der Waals surface area contributed by atoms with Gasteiger partial charge in [-0.2, -0.15) is 0 Å². The third-order valence-electron chi connectivity index (χ3n) is 13.8. The highest BCUT2D eigenvalue weighted by molar-refractivity contribution is 6.20. The Morgan fingerprint density at radius 1 is 0.229 bits per heavy atom. The lowest BCUT2D eigenvalue weighted by Crippen LogP contribution is -2.00. The average Bonchev–Trinajstić information content (AvgIpc) is 3.95. The number of hydrogen-bond donors (Lipinski definition) is 0. The molecule has 0 saturated heterocycles. The molecule has 6 nitrogen and oxygen atoms in total. The van der Waals surface area contributed by atoms with Crippen LogP contribution in [0.2, 0.25) is 0 Å². The average molecular weight is 893 g/mol. The molecule has 0 spiro atoms. The molecule has 0 radical (unpaired) electrons. The summed E-state index contributed by atoms with van der Waals surface area (Å²) in [5.74, 6) is 1.85. The molecular formula is C64H40N6. The van der Waals surface area contributed by atoms with E-state index in [1.54, 1.807) is 0 Å². The van der Waals surface area contributed by atoms with Gasteiger partial charge in [0.2, 0.25) is 0 Å². The fourth-order valence-corrected chi connectivity index (χ4v) is 10.4. The summed E-state index contributed by atoms with van der Waals surface area (Å²) in [6.45, 7) is 0. The standard InChI is InChI=1S/C64H40N6/c1-4-16-42(17-5-1)61-55-40-60-54(52-24-12-15-27-59(52)70(60)47-20-8-3-9-21-47)39-53(55)49-37-34-46(38-56(49)65-61)41-28-30-44(31-29-41)63-66-62(43-18-6-2-7-19-43)67-64(68-63)45-32-35-48(36-33-45)69-57-25-13-10-22-50(57)51-23-11-14-26-58(51)69/h1-40H. The molecule has 326 valence electrons. The number of fused-ring (bicyclic) bond motifs is 9. The van der Waals surface area contributed by atoms with E-state index in [2.05, 4.69) is 221 Å². The van der Waals surface area contributed by atoms with Gasteiger partial charge >= 0.3 is 0 Å². The molecule has 0 aliphatic carbocycles. The van der Waals surface area contributed by atoms with Crippen molar-refractivity contribution in [3.05, 3.63) is 243 Å². The Labute approximate surface area is 403 Å². The summed E-state index contributed by atoms with van der Waals surface area (Å²) in [5, 5.41) is 8.31. The Hall–Kier alpha value is -9.52. The molecule has 0 aliphatic rings. The molecule has 0 bridgehead atoms. The monoisotopic (exact) mass is 892 g/mol. The van der Waals surface area contributed by atoms with Gasteiger partial charge < -0.3 is 9.13 Å². The minimum absolute atomic E-state index is 0.612. The topological polar surface area (TPSA) is 61.4 Å². The Kier molecular flexibility index (Phi) is 9.10. The van der Waals surface area contributed by atoms with Crippen molar-refractivity contribution in [2.75, 3.05) is 0 Å². The molecule has 4 aromatic heterocycles. The highest BCUT2D eigenvalue weighted by Crippen LogP contribution is 2.41. The number of pyridine rings is 1. The molecule has 4 heterocycles. The van der Waals surface area contributed by atoms with Crippen LogP contribution in [-0.2, 0) is 0 Å². The van der Waals surface area contributed by atoms with Gasteiger partial charge in [0.15, 0.2) is 17.5 Å². The Morgan fingerprint density at radius 3 is 1.24 bits per heavy atom. The molecular weight excluding hydrogens is 853 g/mol. The summed E-state index contributed by atoms with van der Waals surface area (Å²) in [4.78, 5) is 20.7. The van der Waals surface area contributed by atoms with Gasteiger partial charge in [0, 0.05) is 65.9 Å². The lowest BCUT2D eigenvalue weighted by molar-refractivity contribution is 1.07. The number of para-hydroxylation sites is 4. The van der Waals surface area contributed by atoms with E-state index in [1.165, 1.54) is 43.5 Å². The summed E-state index contributed by atoms with van der Waals surface area (Å²) >= 11 is 0. The van der Waals surface area contributed by atoms with E-state index < -0.39 is 0 Å². The van der Waals surface area contributed by atoms with Gasteiger partial charge in [-0.1, -0.05) is 170 Å². The molecule has 0 unspecified atom stereocenters. The maximum absolute atomic E-state index is 5.47. The van der Waals surface area contributed by atoms with Crippen molar-refractivity contribution in [3.63, 3.8) is 0 Å². The summed E-state index contributed by atoms with van der Waals surface area (Å²) < 4.78 is 4.70. The Balaban J connectivity index is 0.861. The van der Waals surface area contributed by atoms with E-state index in [9.17, 15) is 0 Å². The summed E-state index contributed by atoms with van der Waals surface area (Å²) in [6.07, 6.45) is 0. The third-order valence-corrected chi connectivity index (χ3v) is 13.8. The molecule has 0 atom stereocenters. The van der Waals surface area contributed by atoms with Gasteiger partial charge in [0.05, 0.1) is 33.3 Å². The molecule has 70 heavy (non-hydrogen) atoms. The number of aromatic nitrogens is 6. The van der Waals surface area contributed by atoms with Crippen LogP contribution in [0.25, 0.3) is 133 Å². The van der Waals surface area contributed by atoms with Crippen LogP contribution in [-0.4, -0.2) is 29.1 Å². The molecule has 0 N–H and O–H groups in total. The SMILES string of the molecule is c1ccc(-c2nc(-c3ccc(-c4ccc5c(c4)nc(-c4ccccc4)c4cc6c(cc45)c4ccccc4n6-c4ccccc4)cc3)nc(-c3ccc(-n4c5ccccc5c5ccccc54)cc3)n2)cc1.